The first-order chi connectivity index (χ1) is 15.0. The van der Waals surface area contributed by atoms with E-state index in [1.54, 1.807) is 0 Å². The van der Waals surface area contributed by atoms with Crippen molar-refractivity contribution < 1.29 is 4.79 Å². The van der Waals surface area contributed by atoms with Crippen LogP contribution in [0.25, 0.3) is 10.9 Å². The summed E-state index contributed by atoms with van der Waals surface area (Å²) in [5.41, 5.74) is 5.09. The Hall–Kier alpha value is -2.43. The number of fused-ring (bicyclic) bond motifs is 2. The standard InChI is InChI=1S/C26H30ClN3O/c1-18-8-6-11-23-24(18)25(27)21-16-20(12-13-22(21)29-23)26(31)28-14-7-15-30(2)17-19-9-4-3-5-10-19/h3-5,9-10,12-13,16,18H,6-8,11,14-15,17H2,1-2H3,(H,28,31)/t18-/m1/s1. The van der Waals surface area contributed by atoms with Crippen LogP contribution in [0, 0.1) is 0 Å². The van der Waals surface area contributed by atoms with E-state index in [0.29, 0.717) is 18.0 Å². The van der Waals surface area contributed by atoms with Crippen LogP contribution in [0.1, 0.15) is 59.3 Å². The number of halogens is 1. The molecule has 4 nitrogen and oxygen atoms in total. The maximum Gasteiger partial charge on any atom is 0.251 e. The lowest BCUT2D eigenvalue weighted by molar-refractivity contribution is 0.0952. The van der Waals surface area contributed by atoms with Crippen molar-refractivity contribution in [3.63, 3.8) is 0 Å². The van der Waals surface area contributed by atoms with Gasteiger partial charge in [-0.15, -0.1) is 0 Å². The molecule has 31 heavy (non-hydrogen) atoms. The Morgan fingerprint density at radius 1 is 1.23 bits per heavy atom. The molecule has 0 radical (unpaired) electrons. The number of aryl methyl sites for hydroxylation is 1. The van der Waals surface area contributed by atoms with Gasteiger partial charge in [-0.25, -0.2) is 0 Å². The average molecular weight is 436 g/mol. The first-order valence-corrected chi connectivity index (χ1v) is 11.5. The highest BCUT2D eigenvalue weighted by Gasteiger charge is 2.23. The maximum absolute atomic E-state index is 12.7. The quantitative estimate of drug-likeness (QED) is 0.492. The fraction of sp³-hybridized carbons (Fsp3) is 0.385. The minimum Gasteiger partial charge on any atom is -0.352 e. The van der Waals surface area contributed by atoms with Gasteiger partial charge < -0.3 is 10.2 Å². The predicted molar refractivity (Wildman–Crippen MR) is 128 cm³/mol. The summed E-state index contributed by atoms with van der Waals surface area (Å²) in [6.07, 6.45) is 4.18. The lowest BCUT2D eigenvalue weighted by Gasteiger charge is -2.23. The average Bonchev–Trinajstić information content (AvgIpc) is 2.77. The number of rotatable bonds is 7. The molecular formula is C26H30ClN3O. The summed E-state index contributed by atoms with van der Waals surface area (Å²) in [4.78, 5) is 19.8. The Morgan fingerprint density at radius 3 is 2.84 bits per heavy atom. The van der Waals surface area contributed by atoms with Gasteiger partial charge in [0.1, 0.15) is 0 Å². The number of hydrogen-bond acceptors (Lipinski definition) is 3. The number of nitrogens with zero attached hydrogens (tertiary/aromatic N) is 2. The van der Waals surface area contributed by atoms with Crippen molar-refractivity contribution in [3.05, 3.63) is 75.9 Å². The second-order valence-electron chi connectivity index (χ2n) is 8.64. The van der Waals surface area contributed by atoms with Crippen LogP contribution in [0.15, 0.2) is 48.5 Å². The Labute approximate surface area is 189 Å². The third-order valence-electron chi connectivity index (χ3n) is 6.14. The smallest absolute Gasteiger partial charge is 0.251 e. The van der Waals surface area contributed by atoms with Gasteiger partial charge in [-0.1, -0.05) is 48.9 Å². The molecule has 0 unspecified atom stereocenters. The van der Waals surface area contributed by atoms with Gasteiger partial charge in [0, 0.05) is 29.7 Å². The Kier molecular flexibility index (Phi) is 6.89. The molecule has 1 atom stereocenters. The highest BCUT2D eigenvalue weighted by molar-refractivity contribution is 6.36. The van der Waals surface area contributed by atoms with Gasteiger partial charge in [0.2, 0.25) is 0 Å². The second-order valence-corrected chi connectivity index (χ2v) is 9.02. The van der Waals surface area contributed by atoms with Crippen LogP contribution in [0.4, 0.5) is 0 Å². The number of hydrogen-bond donors (Lipinski definition) is 1. The van der Waals surface area contributed by atoms with Crippen molar-refractivity contribution in [1.29, 1.82) is 0 Å². The van der Waals surface area contributed by atoms with Crippen molar-refractivity contribution >= 4 is 28.4 Å². The molecule has 1 aliphatic rings. The summed E-state index contributed by atoms with van der Waals surface area (Å²) in [6.45, 7) is 4.69. The Bertz CT molecular complexity index is 1070. The van der Waals surface area contributed by atoms with Gasteiger partial charge in [-0.05, 0) is 74.5 Å². The first-order valence-electron chi connectivity index (χ1n) is 11.2. The van der Waals surface area contributed by atoms with Crippen molar-refractivity contribution in [3.8, 4) is 0 Å². The van der Waals surface area contributed by atoms with Gasteiger partial charge in [-0.2, -0.15) is 0 Å². The van der Waals surface area contributed by atoms with Gasteiger partial charge in [0.05, 0.1) is 10.5 Å². The number of amides is 1. The third kappa shape index (κ3) is 5.08. The number of carbonyl (C=O) groups is 1. The molecule has 1 aliphatic carbocycles. The van der Waals surface area contributed by atoms with Crippen molar-refractivity contribution in [1.82, 2.24) is 15.2 Å². The van der Waals surface area contributed by atoms with E-state index in [-0.39, 0.29) is 5.91 Å². The fourth-order valence-electron chi connectivity index (χ4n) is 4.47. The molecule has 4 rings (SSSR count). The lowest BCUT2D eigenvalue weighted by atomic mass is 9.86. The molecule has 1 aromatic heterocycles. The van der Waals surface area contributed by atoms with Crippen LogP contribution in [0.2, 0.25) is 5.02 Å². The summed E-state index contributed by atoms with van der Waals surface area (Å²) in [5.74, 6) is 0.355. The summed E-state index contributed by atoms with van der Waals surface area (Å²) in [5, 5.41) is 4.69. The van der Waals surface area contributed by atoms with Gasteiger partial charge in [0.15, 0.2) is 0 Å². The molecule has 162 valence electrons. The van der Waals surface area contributed by atoms with Crippen LogP contribution in [0.5, 0.6) is 0 Å². The molecule has 0 fully saturated rings. The number of pyridine rings is 1. The summed E-state index contributed by atoms with van der Waals surface area (Å²) >= 11 is 6.78. The van der Waals surface area contributed by atoms with Crippen LogP contribution >= 0.6 is 11.6 Å². The summed E-state index contributed by atoms with van der Waals surface area (Å²) in [7, 11) is 2.11. The molecule has 0 bridgehead atoms. The summed E-state index contributed by atoms with van der Waals surface area (Å²) in [6, 6.07) is 16.1. The second kappa shape index (κ2) is 9.80. The van der Waals surface area contributed by atoms with Crippen molar-refractivity contribution in [2.45, 2.75) is 45.1 Å². The largest absolute Gasteiger partial charge is 0.352 e. The van der Waals surface area contributed by atoms with E-state index in [9.17, 15) is 4.79 Å². The van der Waals surface area contributed by atoms with Crippen LogP contribution in [-0.4, -0.2) is 35.9 Å². The van der Waals surface area contributed by atoms with E-state index < -0.39 is 0 Å². The number of carbonyl (C=O) groups excluding carboxylic acids is 1. The number of benzene rings is 2. The van der Waals surface area contributed by atoms with Crippen LogP contribution in [-0.2, 0) is 13.0 Å². The minimum atomic E-state index is -0.0607. The lowest BCUT2D eigenvalue weighted by Crippen LogP contribution is -2.28. The molecule has 1 N–H and O–H groups in total. The predicted octanol–water partition coefficient (Wildman–Crippen LogP) is 5.58. The molecule has 3 aromatic rings. The number of nitrogens with one attached hydrogen (secondary N) is 1. The van der Waals surface area contributed by atoms with E-state index in [2.05, 4.69) is 48.5 Å². The summed E-state index contributed by atoms with van der Waals surface area (Å²) < 4.78 is 0. The van der Waals surface area contributed by atoms with E-state index in [0.717, 1.165) is 60.4 Å². The molecule has 5 heteroatoms. The van der Waals surface area contributed by atoms with Gasteiger partial charge in [0.25, 0.3) is 5.91 Å². The SMILES string of the molecule is C[C@@H]1CCCc2nc3ccc(C(=O)NCCCN(C)Cc4ccccc4)cc3c(Cl)c21. The third-order valence-corrected chi connectivity index (χ3v) is 6.55. The zero-order valence-electron chi connectivity index (χ0n) is 18.3. The zero-order valence-corrected chi connectivity index (χ0v) is 19.1. The van der Waals surface area contributed by atoms with Crippen molar-refractivity contribution in [2.75, 3.05) is 20.1 Å². The first kappa shape index (κ1) is 21.8. The Morgan fingerprint density at radius 2 is 2.03 bits per heavy atom. The molecule has 0 spiro atoms. The van der Waals surface area contributed by atoms with Gasteiger partial charge >= 0.3 is 0 Å². The topological polar surface area (TPSA) is 45.2 Å². The van der Waals surface area contributed by atoms with Crippen LogP contribution < -0.4 is 5.32 Å². The van der Waals surface area contributed by atoms with E-state index in [4.69, 9.17) is 16.6 Å². The van der Waals surface area contributed by atoms with Crippen molar-refractivity contribution in [2.24, 2.45) is 0 Å². The van der Waals surface area contributed by atoms with Crippen LogP contribution in [0.3, 0.4) is 0 Å². The normalized spacial score (nSPS) is 15.8. The molecule has 0 saturated heterocycles. The highest BCUT2D eigenvalue weighted by atomic mass is 35.5. The molecule has 2 aromatic carbocycles. The highest BCUT2D eigenvalue weighted by Crippen LogP contribution is 2.39. The molecular weight excluding hydrogens is 406 g/mol. The van der Waals surface area contributed by atoms with E-state index in [1.165, 1.54) is 11.1 Å². The number of aromatic nitrogens is 1. The minimum absolute atomic E-state index is 0.0607. The molecule has 0 saturated carbocycles. The van der Waals surface area contributed by atoms with E-state index >= 15 is 0 Å². The monoisotopic (exact) mass is 435 g/mol. The Balaban J connectivity index is 1.36. The molecule has 1 amide bonds. The fourth-order valence-corrected chi connectivity index (χ4v) is 4.91. The maximum atomic E-state index is 12.7. The van der Waals surface area contributed by atoms with E-state index in [1.807, 2.05) is 24.3 Å². The van der Waals surface area contributed by atoms with Gasteiger partial charge in [-0.3, -0.25) is 9.78 Å². The molecule has 0 aliphatic heterocycles. The zero-order chi connectivity index (χ0) is 21.8. The molecule has 1 heterocycles.